The van der Waals surface area contributed by atoms with E-state index in [2.05, 4.69) is 17.1 Å². The van der Waals surface area contributed by atoms with Gasteiger partial charge in [-0.15, -0.1) is 0 Å². The van der Waals surface area contributed by atoms with Crippen LogP contribution < -0.4 is 5.73 Å². The number of aryl methyl sites for hydroxylation is 5. The van der Waals surface area contributed by atoms with Crippen molar-refractivity contribution in [2.24, 2.45) is 0 Å². The molecule has 1 aromatic carbocycles. The van der Waals surface area contributed by atoms with E-state index in [1.54, 1.807) is 0 Å². The lowest BCUT2D eigenvalue weighted by Gasteiger charge is -2.03. The minimum Gasteiger partial charge on any atom is -0.446 e. The molecule has 0 atom stereocenters. The molecule has 1 heterocycles. The Kier molecular flexibility index (Phi) is 3.18. The fraction of sp³-hybridized carbons (Fsp3) is 0.357. The summed E-state index contributed by atoms with van der Waals surface area (Å²) in [5.41, 5.74) is 10.0. The molecule has 0 spiro atoms. The summed E-state index contributed by atoms with van der Waals surface area (Å²) in [6, 6.07) is 6.18. The Morgan fingerprint density at radius 2 is 1.94 bits per heavy atom. The SMILES string of the molecule is Cc1ccc(CCc2nc(C)c(C)o2)cc1N. The van der Waals surface area contributed by atoms with Crippen LogP contribution in [-0.4, -0.2) is 4.98 Å². The van der Waals surface area contributed by atoms with Gasteiger partial charge < -0.3 is 10.2 Å². The third kappa shape index (κ3) is 2.67. The fourth-order valence-electron chi connectivity index (χ4n) is 1.74. The molecule has 0 bridgehead atoms. The number of hydrogen-bond acceptors (Lipinski definition) is 3. The lowest BCUT2D eigenvalue weighted by molar-refractivity contribution is 0.470. The van der Waals surface area contributed by atoms with E-state index in [0.717, 1.165) is 41.4 Å². The second-order valence-electron chi connectivity index (χ2n) is 4.44. The highest BCUT2D eigenvalue weighted by Gasteiger charge is 2.06. The van der Waals surface area contributed by atoms with E-state index in [4.69, 9.17) is 10.2 Å². The van der Waals surface area contributed by atoms with Gasteiger partial charge in [0.15, 0.2) is 5.89 Å². The van der Waals surface area contributed by atoms with Gasteiger partial charge in [0.2, 0.25) is 0 Å². The van der Waals surface area contributed by atoms with Crippen molar-refractivity contribution in [3.63, 3.8) is 0 Å². The predicted molar refractivity (Wildman–Crippen MR) is 69.0 cm³/mol. The molecule has 3 nitrogen and oxygen atoms in total. The Morgan fingerprint density at radius 1 is 1.18 bits per heavy atom. The third-order valence-electron chi connectivity index (χ3n) is 3.04. The first kappa shape index (κ1) is 11.7. The minimum atomic E-state index is 0.805. The molecule has 0 fully saturated rings. The summed E-state index contributed by atoms with van der Waals surface area (Å²) in [5.74, 6) is 1.71. The molecule has 0 aliphatic carbocycles. The summed E-state index contributed by atoms with van der Waals surface area (Å²) in [5, 5.41) is 0. The first-order chi connectivity index (χ1) is 8.06. The first-order valence-electron chi connectivity index (χ1n) is 5.84. The minimum absolute atomic E-state index is 0.805. The van der Waals surface area contributed by atoms with Crippen molar-refractivity contribution in [2.75, 3.05) is 5.73 Å². The fourth-order valence-corrected chi connectivity index (χ4v) is 1.74. The topological polar surface area (TPSA) is 52.0 Å². The summed E-state index contributed by atoms with van der Waals surface area (Å²) in [6.45, 7) is 5.92. The standard InChI is InChI=1S/C14H18N2O/c1-9-4-5-12(8-13(9)15)6-7-14-16-10(2)11(3)17-14/h4-5,8H,6-7,15H2,1-3H3. The number of nitrogens with two attached hydrogens (primary N) is 1. The molecule has 3 heteroatoms. The van der Waals surface area contributed by atoms with Crippen LogP contribution in [0.25, 0.3) is 0 Å². The van der Waals surface area contributed by atoms with Crippen LogP contribution in [-0.2, 0) is 12.8 Å². The quantitative estimate of drug-likeness (QED) is 0.825. The van der Waals surface area contributed by atoms with Gasteiger partial charge in [-0.05, 0) is 44.4 Å². The van der Waals surface area contributed by atoms with Crippen LogP contribution in [0.2, 0.25) is 0 Å². The molecule has 0 saturated carbocycles. The molecule has 0 radical (unpaired) electrons. The molecule has 0 aliphatic rings. The molecule has 2 N–H and O–H groups in total. The first-order valence-corrected chi connectivity index (χ1v) is 5.84. The van der Waals surface area contributed by atoms with Gasteiger partial charge in [-0.3, -0.25) is 0 Å². The van der Waals surface area contributed by atoms with Crippen molar-refractivity contribution in [3.8, 4) is 0 Å². The van der Waals surface area contributed by atoms with Crippen LogP contribution in [0.1, 0.15) is 28.5 Å². The zero-order valence-corrected chi connectivity index (χ0v) is 10.6. The molecule has 0 amide bonds. The number of nitrogen functional groups attached to an aromatic ring is 1. The summed E-state index contributed by atoms with van der Waals surface area (Å²) < 4.78 is 5.55. The zero-order chi connectivity index (χ0) is 12.4. The van der Waals surface area contributed by atoms with Gasteiger partial charge in [0.05, 0.1) is 5.69 Å². The van der Waals surface area contributed by atoms with Crippen molar-refractivity contribution in [1.29, 1.82) is 0 Å². The number of aromatic nitrogens is 1. The van der Waals surface area contributed by atoms with E-state index in [1.165, 1.54) is 5.56 Å². The summed E-state index contributed by atoms with van der Waals surface area (Å²) in [6.07, 6.45) is 1.72. The molecule has 0 saturated heterocycles. The van der Waals surface area contributed by atoms with Crippen LogP contribution in [0.15, 0.2) is 22.6 Å². The van der Waals surface area contributed by atoms with Crippen molar-refractivity contribution in [1.82, 2.24) is 4.98 Å². The molecular formula is C14H18N2O. The maximum atomic E-state index is 5.88. The van der Waals surface area contributed by atoms with Crippen molar-refractivity contribution < 1.29 is 4.42 Å². The lowest BCUT2D eigenvalue weighted by atomic mass is 10.1. The highest BCUT2D eigenvalue weighted by molar-refractivity contribution is 5.48. The van der Waals surface area contributed by atoms with E-state index in [0.29, 0.717) is 0 Å². The van der Waals surface area contributed by atoms with Gasteiger partial charge >= 0.3 is 0 Å². The summed E-state index contributed by atoms with van der Waals surface area (Å²) in [4.78, 5) is 4.37. The van der Waals surface area contributed by atoms with E-state index in [-0.39, 0.29) is 0 Å². The normalized spacial score (nSPS) is 10.8. The second-order valence-corrected chi connectivity index (χ2v) is 4.44. The zero-order valence-electron chi connectivity index (χ0n) is 10.6. The number of oxazole rings is 1. The molecule has 0 unspecified atom stereocenters. The maximum Gasteiger partial charge on any atom is 0.194 e. The van der Waals surface area contributed by atoms with Crippen molar-refractivity contribution in [3.05, 3.63) is 46.7 Å². The molecule has 1 aromatic heterocycles. The Hall–Kier alpha value is -1.77. The van der Waals surface area contributed by atoms with Crippen LogP contribution in [0, 0.1) is 20.8 Å². The van der Waals surface area contributed by atoms with Gasteiger partial charge in [-0.2, -0.15) is 0 Å². The van der Waals surface area contributed by atoms with E-state index >= 15 is 0 Å². The Bertz CT molecular complexity index is 510. The number of benzene rings is 1. The van der Waals surface area contributed by atoms with Crippen LogP contribution in [0.3, 0.4) is 0 Å². The molecule has 17 heavy (non-hydrogen) atoms. The number of nitrogens with zero attached hydrogens (tertiary/aromatic N) is 1. The molecule has 90 valence electrons. The second kappa shape index (κ2) is 4.62. The van der Waals surface area contributed by atoms with E-state index in [1.807, 2.05) is 26.8 Å². The van der Waals surface area contributed by atoms with Gasteiger partial charge in [0, 0.05) is 12.1 Å². The highest BCUT2D eigenvalue weighted by Crippen LogP contribution is 2.16. The summed E-state index contributed by atoms with van der Waals surface area (Å²) >= 11 is 0. The highest BCUT2D eigenvalue weighted by atomic mass is 16.4. The molecular weight excluding hydrogens is 212 g/mol. The van der Waals surface area contributed by atoms with Crippen molar-refractivity contribution >= 4 is 5.69 Å². The largest absolute Gasteiger partial charge is 0.446 e. The number of anilines is 1. The van der Waals surface area contributed by atoms with Gasteiger partial charge in [-0.1, -0.05) is 12.1 Å². The van der Waals surface area contributed by atoms with E-state index in [9.17, 15) is 0 Å². The van der Waals surface area contributed by atoms with Gasteiger partial charge in [0.25, 0.3) is 0 Å². The molecule has 2 rings (SSSR count). The average molecular weight is 230 g/mol. The Morgan fingerprint density at radius 3 is 2.53 bits per heavy atom. The Balaban J connectivity index is 2.04. The predicted octanol–water partition coefficient (Wildman–Crippen LogP) is 2.97. The monoisotopic (exact) mass is 230 g/mol. The van der Waals surface area contributed by atoms with Crippen LogP contribution in [0.4, 0.5) is 5.69 Å². The average Bonchev–Trinajstić information content (AvgIpc) is 2.60. The molecule has 2 aromatic rings. The Labute approximate surface area is 102 Å². The lowest BCUT2D eigenvalue weighted by Crippen LogP contribution is -1.95. The number of hydrogen-bond donors (Lipinski definition) is 1. The third-order valence-corrected chi connectivity index (χ3v) is 3.04. The summed E-state index contributed by atoms with van der Waals surface area (Å²) in [7, 11) is 0. The van der Waals surface area contributed by atoms with Gasteiger partial charge in [0.1, 0.15) is 5.76 Å². The van der Waals surface area contributed by atoms with Crippen LogP contribution in [0.5, 0.6) is 0 Å². The van der Waals surface area contributed by atoms with Crippen molar-refractivity contribution in [2.45, 2.75) is 33.6 Å². The number of rotatable bonds is 3. The molecule has 0 aliphatic heterocycles. The smallest absolute Gasteiger partial charge is 0.194 e. The van der Waals surface area contributed by atoms with Gasteiger partial charge in [-0.25, -0.2) is 4.98 Å². The van der Waals surface area contributed by atoms with Crippen LogP contribution >= 0.6 is 0 Å². The maximum absolute atomic E-state index is 5.88. The van der Waals surface area contributed by atoms with E-state index < -0.39 is 0 Å².